The van der Waals surface area contributed by atoms with Crippen molar-refractivity contribution in [2.75, 3.05) is 11.4 Å². The van der Waals surface area contributed by atoms with E-state index >= 15 is 0 Å². The van der Waals surface area contributed by atoms with Crippen LogP contribution in [0, 0.1) is 11.3 Å². The van der Waals surface area contributed by atoms with Crippen LogP contribution in [0.25, 0.3) is 0 Å². The van der Waals surface area contributed by atoms with Gasteiger partial charge in [-0.1, -0.05) is 18.2 Å². The summed E-state index contributed by atoms with van der Waals surface area (Å²) in [7, 11) is 0. The number of fused-ring (bicyclic) bond motifs is 1. The number of carbonyl (C=O) groups is 2. The zero-order chi connectivity index (χ0) is 18.7. The zero-order valence-electron chi connectivity index (χ0n) is 14.4. The summed E-state index contributed by atoms with van der Waals surface area (Å²) in [6.45, 7) is 2.20. The normalized spacial score (nSPS) is 14.1. The highest BCUT2D eigenvalue weighted by Gasteiger charge is 2.29. The van der Waals surface area contributed by atoms with Crippen molar-refractivity contribution in [3.63, 3.8) is 0 Å². The van der Waals surface area contributed by atoms with E-state index in [1.165, 1.54) is 0 Å². The van der Waals surface area contributed by atoms with E-state index in [2.05, 4.69) is 6.07 Å². The molecule has 0 saturated heterocycles. The van der Waals surface area contributed by atoms with Crippen LogP contribution in [-0.2, 0) is 11.2 Å². The van der Waals surface area contributed by atoms with Crippen molar-refractivity contribution in [1.29, 1.82) is 5.26 Å². The third kappa shape index (κ3) is 3.24. The predicted octanol–water partition coefficient (Wildman–Crippen LogP) is 2.40. The third-order valence-electron chi connectivity index (χ3n) is 4.44. The summed E-state index contributed by atoms with van der Waals surface area (Å²) < 4.78 is 5.74. The summed E-state index contributed by atoms with van der Waals surface area (Å²) in [5.41, 5.74) is 7.77. The molecule has 1 aliphatic rings. The van der Waals surface area contributed by atoms with Gasteiger partial charge >= 0.3 is 0 Å². The molecule has 0 aliphatic carbocycles. The van der Waals surface area contributed by atoms with Gasteiger partial charge in [-0.05, 0) is 49.6 Å². The molecule has 1 atom stereocenters. The van der Waals surface area contributed by atoms with E-state index in [9.17, 15) is 9.59 Å². The van der Waals surface area contributed by atoms with Crippen LogP contribution < -0.4 is 15.4 Å². The molecule has 2 N–H and O–H groups in total. The summed E-state index contributed by atoms with van der Waals surface area (Å²) in [6, 6.07) is 14.1. The first kappa shape index (κ1) is 17.5. The third-order valence-corrected chi connectivity index (χ3v) is 4.44. The molecule has 6 heteroatoms. The molecular weight excluding hydrogens is 330 g/mol. The first-order valence-corrected chi connectivity index (χ1v) is 8.41. The van der Waals surface area contributed by atoms with Crippen LogP contribution in [-0.4, -0.2) is 24.5 Å². The van der Waals surface area contributed by atoms with Crippen LogP contribution >= 0.6 is 0 Å². The molecule has 0 fully saturated rings. The molecule has 2 aromatic rings. The largest absolute Gasteiger partial charge is 0.479 e. The van der Waals surface area contributed by atoms with Crippen molar-refractivity contribution in [1.82, 2.24) is 0 Å². The second-order valence-corrected chi connectivity index (χ2v) is 6.13. The number of hydrogen-bond acceptors (Lipinski definition) is 4. The first-order valence-electron chi connectivity index (χ1n) is 8.41. The molecule has 0 spiro atoms. The summed E-state index contributed by atoms with van der Waals surface area (Å²) in [4.78, 5) is 26.2. The Hall–Kier alpha value is -3.33. The van der Waals surface area contributed by atoms with Gasteiger partial charge in [-0.3, -0.25) is 9.59 Å². The number of anilines is 1. The first-order chi connectivity index (χ1) is 12.5. The standard InChI is InChI=1S/C20H19N3O3/c1-13(26-18-10-3-2-6-14(18)12-21)20(25)23-11-5-8-15-16(19(22)24)7-4-9-17(15)23/h2-4,6-7,9-10,13H,5,8,11H2,1H3,(H2,22,24). The van der Waals surface area contributed by atoms with E-state index < -0.39 is 12.0 Å². The van der Waals surface area contributed by atoms with Crippen LogP contribution in [0.5, 0.6) is 5.75 Å². The number of benzene rings is 2. The van der Waals surface area contributed by atoms with E-state index in [1.807, 2.05) is 6.07 Å². The van der Waals surface area contributed by atoms with Gasteiger partial charge in [-0.2, -0.15) is 5.26 Å². The fourth-order valence-corrected chi connectivity index (χ4v) is 3.21. The smallest absolute Gasteiger partial charge is 0.267 e. The van der Waals surface area contributed by atoms with Crippen LogP contribution in [0.4, 0.5) is 5.69 Å². The van der Waals surface area contributed by atoms with E-state index in [0.717, 1.165) is 12.0 Å². The number of rotatable bonds is 4. The average molecular weight is 349 g/mol. The summed E-state index contributed by atoms with van der Waals surface area (Å²) in [6.07, 6.45) is 0.669. The summed E-state index contributed by atoms with van der Waals surface area (Å²) >= 11 is 0. The Bertz CT molecular complexity index is 901. The quantitative estimate of drug-likeness (QED) is 0.916. The van der Waals surface area contributed by atoms with Gasteiger partial charge in [0.05, 0.1) is 5.56 Å². The van der Waals surface area contributed by atoms with Crippen LogP contribution in [0.15, 0.2) is 42.5 Å². The SMILES string of the molecule is CC(Oc1ccccc1C#N)C(=O)N1CCCc2c(C(N)=O)cccc21. The zero-order valence-corrected chi connectivity index (χ0v) is 14.4. The molecule has 2 amide bonds. The van der Waals surface area contributed by atoms with Gasteiger partial charge in [-0.15, -0.1) is 0 Å². The highest BCUT2D eigenvalue weighted by Crippen LogP contribution is 2.31. The van der Waals surface area contributed by atoms with Crippen molar-refractivity contribution in [2.45, 2.75) is 25.9 Å². The monoisotopic (exact) mass is 349 g/mol. The lowest BCUT2D eigenvalue weighted by molar-refractivity contribution is -0.124. The van der Waals surface area contributed by atoms with Crippen molar-refractivity contribution in [3.05, 3.63) is 59.2 Å². The van der Waals surface area contributed by atoms with E-state index in [0.29, 0.717) is 35.5 Å². The molecule has 26 heavy (non-hydrogen) atoms. The summed E-state index contributed by atoms with van der Waals surface area (Å²) in [5, 5.41) is 9.16. The van der Waals surface area contributed by atoms with Gasteiger partial charge in [0, 0.05) is 17.8 Å². The molecule has 2 aromatic carbocycles. The Morgan fingerprint density at radius 2 is 2.00 bits per heavy atom. The Morgan fingerprint density at radius 3 is 2.73 bits per heavy atom. The van der Waals surface area contributed by atoms with Gasteiger partial charge in [0.25, 0.3) is 5.91 Å². The molecule has 3 rings (SSSR count). The molecule has 0 bridgehead atoms. The Labute approximate surface area is 151 Å². The number of para-hydroxylation sites is 1. The fourth-order valence-electron chi connectivity index (χ4n) is 3.21. The van der Waals surface area contributed by atoms with Gasteiger partial charge < -0.3 is 15.4 Å². The lowest BCUT2D eigenvalue weighted by Crippen LogP contribution is -2.43. The number of carbonyl (C=O) groups excluding carboxylic acids is 2. The van der Waals surface area contributed by atoms with Gasteiger partial charge in [0.15, 0.2) is 6.10 Å². The number of hydrogen-bond donors (Lipinski definition) is 1. The maximum atomic E-state index is 12.9. The van der Waals surface area contributed by atoms with Crippen molar-refractivity contribution < 1.29 is 14.3 Å². The molecule has 1 unspecified atom stereocenters. The molecule has 6 nitrogen and oxygen atoms in total. The lowest BCUT2D eigenvalue weighted by Gasteiger charge is -2.32. The van der Waals surface area contributed by atoms with Crippen LogP contribution in [0.3, 0.4) is 0 Å². The number of nitrogens with two attached hydrogens (primary N) is 1. The maximum Gasteiger partial charge on any atom is 0.267 e. The topological polar surface area (TPSA) is 96.4 Å². The van der Waals surface area contributed by atoms with Gasteiger partial charge in [-0.25, -0.2) is 0 Å². The van der Waals surface area contributed by atoms with Crippen molar-refractivity contribution >= 4 is 17.5 Å². The molecule has 0 radical (unpaired) electrons. The maximum absolute atomic E-state index is 12.9. The molecule has 132 valence electrons. The number of ether oxygens (including phenoxy) is 1. The number of amides is 2. The molecular formula is C20H19N3O3. The molecule has 0 aromatic heterocycles. The lowest BCUT2D eigenvalue weighted by atomic mass is 9.95. The Balaban J connectivity index is 1.87. The minimum absolute atomic E-state index is 0.222. The van der Waals surface area contributed by atoms with Crippen LogP contribution in [0.1, 0.15) is 34.8 Å². The van der Waals surface area contributed by atoms with Gasteiger partial charge in [0.1, 0.15) is 11.8 Å². The van der Waals surface area contributed by atoms with E-state index in [4.69, 9.17) is 15.7 Å². The minimum atomic E-state index is -0.771. The highest BCUT2D eigenvalue weighted by molar-refractivity contribution is 6.01. The molecule has 0 saturated carbocycles. The second kappa shape index (κ2) is 7.28. The van der Waals surface area contributed by atoms with Crippen molar-refractivity contribution in [3.8, 4) is 11.8 Å². The average Bonchev–Trinajstić information content (AvgIpc) is 2.66. The Morgan fingerprint density at radius 1 is 1.23 bits per heavy atom. The fraction of sp³-hybridized carbons (Fsp3) is 0.250. The highest BCUT2D eigenvalue weighted by atomic mass is 16.5. The second-order valence-electron chi connectivity index (χ2n) is 6.13. The number of primary amides is 1. The van der Waals surface area contributed by atoms with Crippen molar-refractivity contribution in [2.24, 2.45) is 5.73 Å². The Kier molecular flexibility index (Phi) is 4.90. The van der Waals surface area contributed by atoms with Crippen LogP contribution in [0.2, 0.25) is 0 Å². The van der Waals surface area contributed by atoms with E-state index in [1.54, 1.807) is 48.2 Å². The number of nitriles is 1. The predicted molar refractivity (Wildman–Crippen MR) is 96.9 cm³/mol. The molecule has 1 aliphatic heterocycles. The number of nitrogens with zero attached hydrogens (tertiary/aromatic N) is 2. The van der Waals surface area contributed by atoms with Gasteiger partial charge in [0.2, 0.25) is 5.91 Å². The minimum Gasteiger partial charge on any atom is -0.479 e. The molecule has 1 heterocycles. The summed E-state index contributed by atoms with van der Waals surface area (Å²) in [5.74, 6) is -0.345. The van der Waals surface area contributed by atoms with E-state index in [-0.39, 0.29) is 5.91 Å².